The van der Waals surface area contributed by atoms with Gasteiger partial charge in [0, 0.05) is 6.04 Å². The highest BCUT2D eigenvalue weighted by atomic mass is 16.5. The number of hydrogen-bond acceptors (Lipinski definition) is 2. The molecule has 1 aromatic carbocycles. The van der Waals surface area contributed by atoms with Gasteiger partial charge in [0.05, 0.1) is 7.11 Å². The van der Waals surface area contributed by atoms with E-state index in [1.165, 1.54) is 36.8 Å². The fourth-order valence-corrected chi connectivity index (χ4v) is 3.18. The lowest BCUT2D eigenvalue weighted by atomic mass is 9.80. The maximum atomic E-state index is 5.49. The van der Waals surface area contributed by atoms with Crippen LogP contribution in [-0.2, 0) is 6.42 Å². The first-order chi connectivity index (χ1) is 8.74. The van der Waals surface area contributed by atoms with E-state index in [-0.39, 0.29) is 0 Å². The summed E-state index contributed by atoms with van der Waals surface area (Å²) >= 11 is 0. The molecule has 1 aliphatic carbocycles. The number of rotatable bonds is 4. The van der Waals surface area contributed by atoms with Crippen LogP contribution in [0.1, 0.15) is 36.8 Å². The number of hydrogen-bond donors (Lipinski definition) is 1. The first-order valence-electron chi connectivity index (χ1n) is 7.05. The Bertz CT molecular complexity index is 389. The topological polar surface area (TPSA) is 21.3 Å². The molecule has 2 atom stereocenters. The van der Waals surface area contributed by atoms with Gasteiger partial charge >= 0.3 is 0 Å². The second kappa shape index (κ2) is 6.24. The summed E-state index contributed by atoms with van der Waals surface area (Å²) in [5.41, 5.74) is 2.69. The summed E-state index contributed by atoms with van der Waals surface area (Å²) in [7, 11) is 3.86. The summed E-state index contributed by atoms with van der Waals surface area (Å²) in [5.74, 6) is 1.79. The average Bonchev–Trinajstić information content (AvgIpc) is 2.40. The number of ether oxygens (including phenoxy) is 1. The number of aryl methyl sites for hydroxylation is 1. The Morgan fingerprint density at radius 2 is 2.06 bits per heavy atom. The van der Waals surface area contributed by atoms with Gasteiger partial charge in [0.25, 0.3) is 0 Å². The summed E-state index contributed by atoms with van der Waals surface area (Å²) in [4.78, 5) is 0. The van der Waals surface area contributed by atoms with E-state index in [1.807, 2.05) is 0 Å². The largest absolute Gasteiger partial charge is 0.496 e. The minimum Gasteiger partial charge on any atom is -0.496 e. The van der Waals surface area contributed by atoms with E-state index in [4.69, 9.17) is 4.74 Å². The van der Waals surface area contributed by atoms with Gasteiger partial charge in [-0.05, 0) is 50.8 Å². The Labute approximate surface area is 111 Å². The van der Waals surface area contributed by atoms with Gasteiger partial charge in [-0.25, -0.2) is 0 Å². The normalized spacial score (nSPS) is 23.9. The predicted octanol–water partition coefficient (Wildman–Crippen LogP) is 3.32. The van der Waals surface area contributed by atoms with E-state index in [9.17, 15) is 0 Å². The summed E-state index contributed by atoms with van der Waals surface area (Å²) in [5, 5.41) is 3.49. The van der Waals surface area contributed by atoms with Crippen LogP contribution >= 0.6 is 0 Å². The van der Waals surface area contributed by atoms with Gasteiger partial charge < -0.3 is 10.1 Å². The minimum absolute atomic E-state index is 0.670. The van der Waals surface area contributed by atoms with Crippen molar-refractivity contribution in [2.75, 3.05) is 14.2 Å². The molecule has 1 N–H and O–H groups in total. The lowest BCUT2D eigenvalue weighted by Crippen LogP contribution is -2.37. The first kappa shape index (κ1) is 13.4. The predicted molar refractivity (Wildman–Crippen MR) is 76.2 cm³/mol. The summed E-state index contributed by atoms with van der Waals surface area (Å²) in [6.45, 7) is 2.15. The molecule has 0 heterocycles. The van der Waals surface area contributed by atoms with Crippen LogP contribution in [0, 0.1) is 12.8 Å². The number of nitrogens with one attached hydrogen (secondary N) is 1. The maximum absolute atomic E-state index is 5.49. The molecule has 1 aromatic rings. The molecule has 1 fully saturated rings. The lowest BCUT2D eigenvalue weighted by Gasteiger charge is -2.31. The highest BCUT2D eigenvalue weighted by Crippen LogP contribution is 2.30. The Hall–Kier alpha value is -1.02. The second-order valence-electron chi connectivity index (χ2n) is 5.46. The van der Waals surface area contributed by atoms with Gasteiger partial charge in [-0.3, -0.25) is 0 Å². The van der Waals surface area contributed by atoms with E-state index < -0.39 is 0 Å². The van der Waals surface area contributed by atoms with E-state index in [1.54, 1.807) is 7.11 Å². The molecule has 0 spiro atoms. The quantitative estimate of drug-likeness (QED) is 0.881. The molecule has 2 heteroatoms. The molecular formula is C16H25NO. The highest BCUT2D eigenvalue weighted by Gasteiger charge is 2.24. The van der Waals surface area contributed by atoms with Crippen LogP contribution < -0.4 is 10.1 Å². The molecule has 1 aliphatic rings. The van der Waals surface area contributed by atoms with Crippen molar-refractivity contribution in [2.24, 2.45) is 5.92 Å². The van der Waals surface area contributed by atoms with Crippen LogP contribution in [0.5, 0.6) is 5.75 Å². The molecule has 2 rings (SSSR count). The van der Waals surface area contributed by atoms with Crippen molar-refractivity contribution in [2.45, 2.75) is 45.1 Å². The molecule has 2 unspecified atom stereocenters. The lowest BCUT2D eigenvalue weighted by molar-refractivity contribution is 0.270. The van der Waals surface area contributed by atoms with Crippen molar-refractivity contribution in [1.29, 1.82) is 0 Å². The molecule has 100 valence electrons. The molecule has 0 saturated heterocycles. The van der Waals surface area contributed by atoms with Crippen LogP contribution in [0.4, 0.5) is 0 Å². The zero-order chi connectivity index (χ0) is 13.0. The smallest absolute Gasteiger partial charge is 0.122 e. The molecule has 0 aliphatic heterocycles. The molecular weight excluding hydrogens is 222 g/mol. The van der Waals surface area contributed by atoms with Crippen LogP contribution in [0.3, 0.4) is 0 Å². The summed E-state index contributed by atoms with van der Waals surface area (Å²) in [6, 6.07) is 7.17. The van der Waals surface area contributed by atoms with E-state index >= 15 is 0 Å². The van der Waals surface area contributed by atoms with Crippen molar-refractivity contribution >= 4 is 0 Å². The van der Waals surface area contributed by atoms with Crippen LogP contribution in [-0.4, -0.2) is 20.2 Å². The SMILES string of the molecule is CNC1CCCCC1Cc1cc(C)ccc1OC. The third kappa shape index (κ3) is 3.05. The Balaban J connectivity index is 2.14. The number of methoxy groups -OCH3 is 1. The van der Waals surface area contributed by atoms with Gasteiger partial charge in [0.2, 0.25) is 0 Å². The fourth-order valence-electron chi connectivity index (χ4n) is 3.18. The molecule has 18 heavy (non-hydrogen) atoms. The van der Waals surface area contributed by atoms with Gasteiger partial charge in [0.15, 0.2) is 0 Å². The van der Waals surface area contributed by atoms with Gasteiger partial charge in [-0.1, -0.05) is 30.5 Å². The van der Waals surface area contributed by atoms with Gasteiger partial charge in [-0.2, -0.15) is 0 Å². The monoisotopic (exact) mass is 247 g/mol. The van der Waals surface area contributed by atoms with Crippen LogP contribution in [0.15, 0.2) is 18.2 Å². The van der Waals surface area contributed by atoms with Crippen molar-refractivity contribution in [3.8, 4) is 5.75 Å². The minimum atomic E-state index is 0.670. The molecule has 0 amide bonds. The molecule has 0 bridgehead atoms. The zero-order valence-corrected chi connectivity index (χ0v) is 11.8. The van der Waals surface area contributed by atoms with E-state index in [2.05, 4.69) is 37.5 Å². The Kier molecular flexibility index (Phi) is 4.65. The third-order valence-electron chi connectivity index (χ3n) is 4.20. The van der Waals surface area contributed by atoms with Gasteiger partial charge in [-0.15, -0.1) is 0 Å². The molecule has 1 saturated carbocycles. The van der Waals surface area contributed by atoms with Crippen molar-refractivity contribution in [3.63, 3.8) is 0 Å². The standard InChI is InChI=1S/C16H25NO/c1-12-8-9-16(18-3)14(10-12)11-13-6-4-5-7-15(13)17-2/h8-10,13,15,17H,4-7,11H2,1-3H3. The Morgan fingerprint density at radius 3 is 2.78 bits per heavy atom. The number of benzene rings is 1. The van der Waals surface area contributed by atoms with Crippen molar-refractivity contribution in [1.82, 2.24) is 5.32 Å². The molecule has 2 nitrogen and oxygen atoms in total. The Morgan fingerprint density at radius 1 is 1.28 bits per heavy atom. The average molecular weight is 247 g/mol. The van der Waals surface area contributed by atoms with Crippen molar-refractivity contribution in [3.05, 3.63) is 29.3 Å². The fraction of sp³-hybridized carbons (Fsp3) is 0.625. The van der Waals surface area contributed by atoms with Gasteiger partial charge in [0.1, 0.15) is 5.75 Å². The zero-order valence-electron chi connectivity index (χ0n) is 11.8. The third-order valence-corrected chi connectivity index (χ3v) is 4.20. The maximum Gasteiger partial charge on any atom is 0.122 e. The summed E-state index contributed by atoms with van der Waals surface area (Å²) in [6.07, 6.45) is 6.53. The summed E-state index contributed by atoms with van der Waals surface area (Å²) < 4.78 is 5.49. The van der Waals surface area contributed by atoms with Crippen molar-refractivity contribution < 1.29 is 4.74 Å². The van der Waals surface area contributed by atoms with Crippen LogP contribution in [0.2, 0.25) is 0 Å². The van der Waals surface area contributed by atoms with E-state index in [0.717, 1.165) is 18.1 Å². The van der Waals surface area contributed by atoms with E-state index in [0.29, 0.717) is 6.04 Å². The highest BCUT2D eigenvalue weighted by molar-refractivity contribution is 5.37. The second-order valence-corrected chi connectivity index (χ2v) is 5.46. The molecule has 0 aromatic heterocycles. The first-order valence-corrected chi connectivity index (χ1v) is 7.05. The molecule has 0 radical (unpaired) electrons. The van der Waals surface area contributed by atoms with Crippen LogP contribution in [0.25, 0.3) is 0 Å².